The largest absolute Gasteiger partial charge is 0.462 e. The van der Waals surface area contributed by atoms with Crippen LogP contribution in [0.2, 0.25) is 0 Å². The van der Waals surface area contributed by atoms with Crippen LogP contribution in [0.25, 0.3) is 0 Å². The number of unbranched alkanes of at least 4 members (excludes halogenated alkanes) is 29. The molecule has 0 fully saturated rings. The van der Waals surface area contributed by atoms with Gasteiger partial charge in [0.15, 0.2) is 6.10 Å². The van der Waals surface area contributed by atoms with Gasteiger partial charge < -0.3 is 14.2 Å². The van der Waals surface area contributed by atoms with Gasteiger partial charge in [0.1, 0.15) is 6.61 Å². The van der Waals surface area contributed by atoms with Gasteiger partial charge in [0.2, 0.25) is 0 Å². The molecule has 5 nitrogen and oxygen atoms in total. The summed E-state index contributed by atoms with van der Waals surface area (Å²) in [4.78, 5) is 25.2. The minimum atomic E-state index is -0.535. The van der Waals surface area contributed by atoms with E-state index in [-0.39, 0.29) is 25.2 Å². The van der Waals surface area contributed by atoms with Crippen molar-refractivity contribution in [3.63, 3.8) is 0 Å². The lowest BCUT2D eigenvalue weighted by Gasteiger charge is -2.18. The smallest absolute Gasteiger partial charge is 0.306 e. The first kappa shape index (κ1) is 52.4. The summed E-state index contributed by atoms with van der Waals surface area (Å²) in [6.45, 7) is 7.79. The van der Waals surface area contributed by atoms with Crippen molar-refractivity contribution in [3.8, 4) is 0 Å². The molecule has 0 radical (unpaired) electrons. The van der Waals surface area contributed by atoms with E-state index in [0.29, 0.717) is 19.4 Å². The van der Waals surface area contributed by atoms with Crippen LogP contribution in [0.4, 0.5) is 0 Å². The molecule has 5 heteroatoms. The van der Waals surface area contributed by atoms with Crippen molar-refractivity contribution in [3.05, 3.63) is 24.3 Å². The number of allylic oxidation sites excluding steroid dienone is 4. The summed E-state index contributed by atoms with van der Waals surface area (Å²) >= 11 is 0. The maximum atomic E-state index is 12.7. The molecule has 0 rings (SSSR count). The minimum absolute atomic E-state index is 0.0853. The van der Waals surface area contributed by atoms with Crippen molar-refractivity contribution < 1.29 is 23.8 Å². The van der Waals surface area contributed by atoms with Crippen LogP contribution >= 0.6 is 0 Å². The van der Waals surface area contributed by atoms with E-state index in [2.05, 4.69) is 45.1 Å². The predicted octanol–water partition coefficient (Wildman–Crippen LogP) is 15.7. The Morgan fingerprint density at radius 3 is 1.20 bits per heavy atom. The fraction of sp³-hybridized carbons (Fsp3) is 0.878. The second-order valence-electron chi connectivity index (χ2n) is 16.0. The number of hydrogen-bond acceptors (Lipinski definition) is 5. The van der Waals surface area contributed by atoms with Gasteiger partial charge in [0, 0.05) is 19.4 Å². The fourth-order valence-corrected chi connectivity index (χ4v) is 6.84. The lowest BCUT2D eigenvalue weighted by Crippen LogP contribution is -2.30. The van der Waals surface area contributed by atoms with Crippen LogP contribution in [0.15, 0.2) is 24.3 Å². The molecule has 0 aliphatic heterocycles. The number of esters is 2. The summed E-state index contributed by atoms with van der Waals surface area (Å²) in [5, 5.41) is 0. The summed E-state index contributed by atoms with van der Waals surface area (Å²) in [5.74, 6) is -0.400. The Morgan fingerprint density at radius 1 is 0.389 bits per heavy atom. The number of carbonyl (C=O) groups is 2. The van der Waals surface area contributed by atoms with Crippen LogP contribution in [0, 0.1) is 0 Å². The third kappa shape index (κ3) is 43.1. The Balaban J connectivity index is 4.23. The summed E-state index contributed by atoms with van der Waals surface area (Å²) < 4.78 is 17.3. The van der Waals surface area contributed by atoms with E-state index >= 15 is 0 Å². The molecule has 0 heterocycles. The van der Waals surface area contributed by atoms with E-state index in [0.717, 1.165) is 51.4 Å². The van der Waals surface area contributed by atoms with Crippen LogP contribution in [0.3, 0.4) is 0 Å². The van der Waals surface area contributed by atoms with Gasteiger partial charge in [-0.25, -0.2) is 0 Å². The maximum absolute atomic E-state index is 12.7. The highest BCUT2D eigenvalue weighted by atomic mass is 16.6. The standard InChI is InChI=1S/C49H92O5/c1-4-7-10-13-16-19-22-24-26-29-32-35-38-41-44-52-45-47(54-49(51)43-40-37-34-31-27-21-18-15-12-9-6-3)46-53-48(50)42-39-36-33-30-28-25-23-20-17-14-11-8-5-2/h15,18-19,22,47H,4-14,16-17,20-21,23-46H2,1-3H3/b18-15-,22-19-. The van der Waals surface area contributed by atoms with Crippen LogP contribution in [0.5, 0.6) is 0 Å². The topological polar surface area (TPSA) is 61.8 Å². The van der Waals surface area contributed by atoms with Crippen molar-refractivity contribution in [2.24, 2.45) is 0 Å². The number of rotatable bonds is 44. The predicted molar refractivity (Wildman–Crippen MR) is 233 cm³/mol. The molecule has 0 saturated heterocycles. The van der Waals surface area contributed by atoms with E-state index in [1.54, 1.807) is 0 Å². The Morgan fingerprint density at radius 2 is 0.741 bits per heavy atom. The van der Waals surface area contributed by atoms with Crippen LogP contribution in [0.1, 0.15) is 252 Å². The molecule has 318 valence electrons. The average molecular weight is 761 g/mol. The quantitative estimate of drug-likeness (QED) is 0.0352. The molecular formula is C49H92O5. The molecule has 0 bridgehead atoms. The van der Waals surface area contributed by atoms with Gasteiger partial charge in [-0.2, -0.15) is 0 Å². The zero-order chi connectivity index (χ0) is 39.3. The van der Waals surface area contributed by atoms with Crippen molar-refractivity contribution in [2.75, 3.05) is 19.8 Å². The van der Waals surface area contributed by atoms with Crippen molar-refractivity contribution >= 4 is 11.9 Å². The van der Waals surface area contributed by atoms with E-state index in [1.807, 2.05) is 0 Å². The molecular weight excluding hydrogens is 669 g/mol. The molecule has 54 heavy (non-hydrogen) atoms. The highest BCUT2D eigenvalue weighted by Crippen LogP contribution is 2.15. The van der Waals surface area contributed by atoms with E-state index in [1.165, 1.54) is 167 Å². The molecule has 0 saturated carbocycles. The van der Waals surface area contributed by atoms with Gasteiger partial charge in [-0.15, -0.1) is 0 Å². The van der Waals surface area contributed by atoms with E-state index < -0.39 is 6.10 Å². The molecule has 1 unspecified atom stereocenters. The lowest BCUT2D eigenvalue weighted by atomic mass is 10.0. The normalized spacial score (nSPS) is 12.3. The second kappa shape index (κ2) is 45.8. The Hall–Kier alpha value is -1.62. The van der Waals surface area contributed by atoms with E-state index in [9.17, 15) is 9.59 Å². The molecule has 0 spiro atoms. The summed E-state index contributed by atoms with van der Waals surface area (Å²) in [6, 6.07) is 0. The first-order chi connectivity index (χ1) is 26.6. The van der Waals surface area contributed by atoms with Crippen molar-refractivity contribution in [1.29, 1.82) is 0 Å². The first-order valence-corrected chi connectivity index (χ1v) is 23.9. The Kier molecular flexibility index (Phi) is 44.4. The minimum Gasteiger partial charge on any atom is -0.462 e. The first-order valence-electron chi connectivity index (χ1n) is 23.9. The Bertz CT molecular complexity index is 821. The number of hydrogen-bond donors (Lipinski definition) is 0. The molecule has 0 N–H and O–H groups in total. The van der Waals surface area contributed by atoms with Crippen molar-refractivity contribution in [2.45, 2.75) is 258 Å². The molecule has 0 aromatic heterocycles. The highest BCUT2D eigenvalue weighted by Gasteiger charge is 2.17. The number of ether oxygens (including phenoxy) is 3. The molecule has 1 atom stereocenters. The third-order valence-corrected chi connectivity index (χ3v) is 10.5. The molecule has 0 aromatic rings. The second-order valence-corrected chi connectivity index (χ2v) is 16.0. The third-order valence-electron chi connectivity index (χ3n) is 10.5. The maximum Gasteiger partial charge on any atom is 0.306 e. The SMILES string of the molecule is CCCC/C=C\CCCCCCCC(=O)OC(COCCCCCCCC/C=C\CCCCCC)COC(=O)CCCCCCCCCCCCCCC. The van der Waals surface area contributed by atoms with E-state index in [4.69, 9.17) is 14.2 Å². The lowest BCUT2D eigenvalue weighted by molar-refractivity contribution is -0.163. The summed E-state index contributed by atoms with van der Waals surface area (Å²) in [5.41, 5.74) is 0. The zero-order valence-electron chi connectivity index (χ0n) is 36.5. The van der Waals surface area contributed by atoms with Gasteiger partial charge in [-0.3, -0.25) is 9.59 Å². The zero-order valence-corrected chi connectivity index (χ0v) is 36.5. The van der Waals surface area contributed by atoms with Gasteiger partial charge >= 0.3 is 11.9 Å². The van der Waals surface area contributed by atoms with Crippen molar-refractivity contribution in [1.82, 2.24) is 0 Å². The van der Waals surface area contributed by atoms with Gasteiger partial charge in [-0.05, 0) is 64.2 Å². The van der Waals surface area contributed by atoms with Crippen LogP contribution in [-0.2, 0) is 23.8 Å². The van der Waals surface area contributed by atoms with Gasteiger partial charge in [0.05, 0.1) is 6.61 Å². The Labute approximate surface area is 337 Å². The summed E-state index contributed by atoms with van der Waals surface area (Å²) in [6.07, 6.45) is 51.7. The number of carbonyl (C=O) groups excluding carboxylic acids is 2. The molecule has 0 aromatic carbocycles. The summed E-state index contributed by atoms with van der Waals surface area (Å²) in [7, 11) is 0. The van der Waals surface area contributed by atoms with Crippen LogP contribution < -0.4 is 0 Å². The monoisotopic (exact) mass is 761 g/mol. The average Bonchev–Trinajstić information content (AvgIpc) is 3.17. The molecule has 0 aliphatic rings. The molecule has 0 amide bonds. The fourth-order valence-electron chi connectivity index (χ4n) is 6.84. The highest BCUT2D eigenvalue weighted by molar-refractivity contribution is 5.70. The van der Waals surface area contributed by atoms with Crippen LogP contribution in [-0.4, -0.2) is 37.9 Å². The van der Waals surface area contributed by atoms with Gasteiger partial charge in [0.25, 0.3) is 0 Å². The molecule has 0 aliphatic carbocycles. The van der Waals surface area contributed by atoms with Gasteiger partial charge in [-0.1, -0.05) is 199 Å².